The number of rotatable bonds is 4. The fourth-order valence-electron chi connectivity index (χ4n) is 2.43. The second-order valence-electron chi connectivity index (χ2n) is 5.67. The molecule has 1 aliphatic heterocycles. The van der Waals surface area contributed by atoms with Gasteiger partial charge in [0.05, 0.1) is 6.04 Å². The summed E-state index contributed by atoms with van der Waals surface area (Å²) in [4.78, 5) is 4.72. The molecule has 1 aromatic heterocycles. The largest absolute Gasteiger partial charge is 0.474 e. The molecule has 0 spiro atoms. The van der Waals surface area contributed by atoms with Crippen molar-refractivity contribution in [2.75, 3.05) is 6.61 Å². The third kappa shape index (κ3) is 3.05. The first kappa shape index (κ1) is 14.4. The Balaban J connectivity index is 1.85. The van der Waals surface area contributed by atoms with E-state index < -0.39 is 0 Å². The highest BCUT2D eigenvalue weighted by Gasteiger charge is 2.24. The van der Waals surface area contributed by atoms with Crippen LogP contribution in [0, 0.1) is 5.92 Å². The SMILES string of the molecule is CC(C)[C@H]1COC(c2cccn2Cc2ccccc2Br)=N1. The second kappa shape index (κ2) is 6.06. The molecule has 2 heterocycles. The Morgan fingerprint density at radius 1 is 1.29 bits per heavy atom. The summed E-state index contributed by atoms with van der Waals surface area (Å²) in [6, 6.07) is 12.7. The summed E-state index contributed by atoms with van der Waals surface area (Å²) in [6.07, 6.45) is 2.07. The normalized spacial score (nSPS) is 17.9. The zero-order valence-corrected chi connectivity index (χ0v) is 13.9. The minimum absolute atomic E-state index is 0.270. The fourth-order valence-corrected chi connectivity index (χ4v) is 2.84. The highest BCUT2D eigenvalue weighted by Crippen LogP contribution is 2.21. The van der Waals surface area contributed by atoms with Gasteiger partial charge in [0.15, 0.2) is 0 Å². The fraction of sp³-hybridized carbons (Fsp3) is 0.353. The summed E-state index contributed by atoms with van der Waals surface area (Å²) in [5.74, 6) is 1.28. The first-order chi connectivity index (χ1) is 10.1. The van der Waals surface area contributed by atoms with Gasteiger partial charge in [0, 0.05) is 17.2 Å². The molecule has 0 unspecified atom stereocenters. The Kier molecular flexibility index (Phi) is 4.15. The Labute approximate surface area is 133 Å². The average molecular weight is 347 g/mol. The molecule has 3 rings (SSSR count). The van der Waals surface area contributed by atoms with Crippen LogP contribution in [0.2, 0.25) is 0 Å². The third-order valence-electron chi connectivity index (χ3n) is 3.79. The topological polar surface area (TPSA) is 26.5 Å². The van der Waals surface area contributed by atoms with Gasteiger partial charge < -0.3 is 9.30 Å². The summed E-state index contributed by atoms with van der Waals surface area (Å²) in [7, 11) is 0. The molecule has 0 radical (unpaired) electrons. The van der Waals surface area contributed by atoms with E-state index in [-0.39, 0.29) is 6.04 Å². The molecule has 2 aromatic rings. The Morgan fingerprint density at radius 2 is 2.10 bits per heavy atom. The van der Waals surface area contributed by atoms with Crippen molar-refractivity contribution in [3.05, 3.63) is 58.3 Å². The molecular formula is C17H19BrN2O. The number of aliphatic imine (C=N–C) groups is 1. The molecule has 1 aromatic carbocycles. The predicted octanol–water partition coefficient (Wildman–Crippen LogP) is 4.10. The lowest BCUT2D eigenvalue weighted by molar-refractivity contribution is 0.290. The van der Waals surface area contributed by atoms with E-state index in [2.05, 4.69) is 64.8 Å². The van der Waals surface area contributed by atoms with E-state index in [9.17, 15) is 0 Å². The average Bonchev–Trinajstić information content (AvgIpc) is 3.09. The van der Waals surface area contributed by atoms with Gasteiger partial charge in [-0.1, -0.05) is 48.0 Å². The lowest BCUT2D eigenvalue weighted by atomic mass is 10.1. The van der Waals surface area contributed by atoms with Crippen molar-refractivity contribution in [3.8, 4) is 0 Å². The maximum Gasteiger partial charge on any atom is 0.233 e. The van der Waals surface area contributed by atoms with E-state index in [1.807, 2.05) is 12.1 Å². The number of hydrogen-bond donors (Lipinski definition) is 0. The van der Waals surface area contributed by atoms with Crippen LogP contribution in [0.3, 0.4) is 0 Å². The van der Waals surface area contributed by atoms with E-state index in [1.165, 1.54) is 5.56 Å². The lowest BCUT2D eigenvalue weighted by Gasteiger charge is -2.10. The molecule has 0 fully saturated rings. The lowest BCUT2D eigenvalue weighted by Crippen LogP contribution is -2.13. The van der Waals surface area contributed by atoms with Crippen molar-refractivity contribution < 1.29 is 4.74 Å². The Bertz CT molecular complexity index is 660. The van der Waals surface area contributed by atoms with Gasteiger partial charge in [-0.15, -0.1) is 0 Å². The summed E-state index contributed by atoms with van der Waals surface area (Å²) in [6.45, 7) is 5.85. The number of halogens is 1. The molecule has 0 aliphatic carbocycles. The maximum absolute atomic E-state index is 5.80. The molecule has 1 aliphatic rings. The number of benzene rings is 1. The quantitative estimate of drug-likeness (QED) is 0.818. The van der Waals surface area contributed by atoms with Gasteiger partial charge in [-0.25, -0.2) is 4.99 Å². The Morgan fingerprint density at radius 3 is 2.81 bits per heavy atom. The summed E-state index contributed by atoms with van der Waals surface area (Å²) < 4.78 is 9.10. The van der Waals surface area contributed by atoms with E-state index >= 15 is 0 Å². The van der Waals surface area contributed by atoms with Gasteiger partial charge in [-0.3, -0.25) is 0 Å². The van der Waals surface area contributed by atoms with Crippen molar-refractivity contribution in [2.24, 2.45) is 10.9 Å². The van der Waals surface area contributed by atoms with Crippen LogP contribution in [0.1, 0.15) is 25.1 Å². The maximum atomic E-state index is 5.80. The highest BCUT2D eigenvalue weighted by molar-refractivity contribution is 9.10. The molecule has 110 valence electrons. The highest BCUT2D eigenvalue weighted by atomic mass is 79.9. The number of nitrogens with zero attached hydrogens (tertiary/aromatic N) is 2. The summed E-state index contributed by atoms with van der Waals surface area (Å²) >= 11 is 3.60. The van der Waals surface area contributed by atoms with E-state index in [4.69, 9.17) is 9.73 Å². The molecule has 0 amide bonds. The van der Waals surface area contributed by atoms with Crippen molar-refractivity contribution in [2.45, 2.75) is 26.4 Å². The van der Waals surface area contributed by atoms with Gasteiger partial charge >= 0.3 is 0 Å². The zero-order chi connectivity index (χ0) is 14.8. The van der Waals surface area contributed by atoms with E-state index in [1.54, 1.807) is 0 Å². The molecule has 0 bridgehead atoms. The number of aromatic nitrogens is 1. The molecular weight excluding hydrogens is 328 g/mol. The van der Waals surface area contributed by atoms with Gasteiger partial charge in [0.1, 0.15) is 12.3 Å². The monoisotopic (exact) mass is 346 g/mol. The molecule has 3 nitrogen and oxygen atoms in total. The smallest absolute Gasteiger partial charge is 0.233 e. The van der Waals surface area contributed by atoms with Crippen LogP contribution in [0.25, 0.3) is 0 Å². The first-order valence-corrected chi connectivity index (χ1v) is 8.04. The van der Waals surface area contributed by atoms with Crippen LogP contribution in [0.4, 0.5) is 0 Å². The van der Waals surface area contributed by atoms with Crippen LogP contribution in [-0.2, 0) is 11.3 Å². The van der Waals surface area contributed by atoms with Gasteiger partial charge in [-0.2, -0.15) is 0 Å². The van der Waals surface area contributed by atoms with E-state index in [0.717, 1.165) is 22.6 Å². The second-order valence-corrected chi connectivity index (χ2v) is 6.52. The standard InChI is InChI=1S/C17H19BrN2O/c1-12(2)15-11-21-17(19-15)16-8-5-9-20(16)10-13-6-3-4-7-14(13)18/h3-9,12,15H,10-11H2,1-2H3/t15-/m1/s1. The van der Waals surface area contributed by atoms with Crippen LogP contribution in [0.15, 0.2) is 52.1 Å². The first-order valence-electron chi connectivity index (χ1n) is 7.24. The van der Waals surface area contributed by atoms with Crippen molar-refractivity contribution >= 4 is 21.8 Å². The van der Waals surface area contributed by atoms with E-state index in [0.29, 0.717) is 12.5 Å². The van der Waals surface area contributed by atoms with Gasteiger partial charge in [0.2, 0.25) is 5.90 Å². The molecule has 0 saturated heterocycles. The molecule has 0 saturated carbocycles. The number of ether oxygens (including phenoxy) is 1. The summed E-state index contributed by atoms with van der Waals surface area (Å²) in [5, 5.41) is 0. The van der Waals surface area contributed by atoms with Gasteiger partial charge in [0.25, 0.3) is 0 Å². The Hall–Kier alpha value is -1.55. The molecule has 21 heavy (non-hydrogen) atoms. The van der Waals surface area contributed by atoms with Crippen molar-refractivity contribution in [1.29, 1.82) is 0 Å². The summed E-state index contributed by atoms with van der Waals surface area (Å²) in [5.41, 5.74) is 2.29. The van der Waals surface area contributed by atoms with Crippen LogP contribution in [-0.4, -0.2) is 23.1 Å². The molecule has 1 atom stereocenters. The van der Waals surface area contributed by atoms with Crippen molar-refractivity contribution in [1.82, 2.24) is 4.57 Å². The van der Waals surface area contributed by atoms with Crippen molar-refractivity contribution in [3.63, 3.8) is 0 Å². The predicted molar refractivity (Wildman–Crippen MR) is 88.8 cm³/mol. The van der Waals surface area contributed by atoms with Crippen LogP contribution >= 0.6 is 15.9 Å². The minimum atomic E-state index is 0.270. The minimum Gasteiger partial charge on any atom is -0.474 e. The zero-order valence-electron chi connectivity index (χ0n) is 12.3. The van der Waals surface area contributed by atoms with Crippen LogP contribution < -0.4 is 0 Å². The number of hydrogen-bond acceptors (Lipinski definition) is 2. The molecule has 0 N–H and O–H groups in total. The van der Waals surface area contributed by atoms with Gasteiger partial charge in [-0.05, 0) is 29.7 Å². The third-order valence-corrected chi connectivity index (χ3v) is 4.56. The molecule has 4 heteroatoms. The van der Waals surface area contributed by atoms with Crippen LogP contribution in [0.5, 0.6) is 0 Å².